The Bertz CT molecular complexity index is 533. The molecule has 102 valence electrons. The van der Waals surface area contributed by atoms with Crippen molar-refractivity contribution in [1.82, 2.24) is 14.3 Å². The predicted octanol–water partition coefficient (Wildman–Crippen LogP) is 0.342. The zero-order valence-electron chi connectivity index (χ0n) is 10.5. The second-order valence-corrected chi connectivity index (χ2v) is 6.39. The number of aromatic nitrogens is 2. The number of carbonyl (C=O) groups is 1. The third-order valence-corrected chi connectivity index (χ3v) is 3.91. The van der Waals surface area contributed by atoms with Crippen LogP contribution in [-0.4, -0.2) is 34.6 Å². The number of carboxylic acid groups (broad SMARTS) is 1. The van der Waals surface area contributed by atoms with Gasteiger partial charge in [-0.15, -0.1) is 0 Å². The van der Waals surface area contributed by atoms with Gasteiger partial charge in [-0.05, 0) is 20.3 Å². The van der Waals surface area contributed by atoms with Gasteiger partial charge in [0.2, 0.25) is 0 Å². The molecule has 8 heteroatoms. The van der Waals surface area contributed by atoms with Crippen LogP contribution in [0, 0.1) is 0 Å². The van der Waals surface area contributed by atoms with Gasteiger partial charge in [0.1, 0.15) is 0 Å². The third kappa shape index (κ3) is 4.11. The van der Waals surface area contributed by atoms with Crippen LogP contribution in [0.5, 0.6) is 0 Å². The molecule has 1 heterocycles. The molecule has 0 fully saturated rings. The largest absolute Gasteiger partial charge is 0.481 e. The van der Waals surface area contributed by atoms with Crippen molar-refractivity contribution >= 4 is 16.0 Å². The van der Waals surface area contributed by atoms with Crippen molar-refractivity contribution in [2.75, 3.05) is 0 Å². The molecule has 18 heavy (non-hydrogen) atoms. The molecule has 1 rings (SSSR count). The Labute approximate surface area is 106 Å². The Kier molecular flexibility index (Phi) is 4.12. The molecule has 0 saturated carbocycles. The highest BCUT2D eigenvalue weighted by molar-refractivity contribution is 7.89. The Morgan fingerprint density at radius 1 is 1.56 bits per heavy atom. The Morgan fingerprint density at radius 2 is 2.17 bits per heavy atom. The second-order valence-electron chi connectivity index (χ2n) is 4.76. The van der Waals surface area contributed by atoms with Crippen LogP contribution >= 0.6 is 0 Å². The topological polar surface area (TPSA) is 101 Å². The number of hydrogen-bond donors (Lipinski definition) is 2. The molecule has 0 amide bonds. The molecule has 0 unspecified atom stereocenters. The summed E-state index contributed by atoms with van der Waals surface area (Å²) in [5.74, 6) is -0.958. The SMILES string of the molecule is Cn1cnc(S(=O)(=O)NC(C)(C)CCC(=O)O)c1. The second kappa shape index (κ2) is 5.07. The minimum atomic E-state index is -3.72. The predicted molar refractivity (Wildman–Crippen MR) is 64.5 cm³/mol. The molecule has 0 spiro atoms. The lowest BCUT2D eigenvalue weighted by molar-refractivity contribution is -0.137. The average molecular weight is 275 g/mol. The first-order chi connectivity index (χ1) is 8.12. The van der Waals surface area contributed by atoms with E-state index in [0.717, 1.165) is 0 Å². The zero-order chi connectivity index (χ0) is 14.0. The molecule has 1 aromatic heterocycles. The normalized spacial score (nSPS) is 12.6. The van der Waals surface area contributed by atoms with Crippen molar-refractivity contribution in [2.45, 2.75) is 37.3 Å². The maximum Gasteiger partial charge on any atom is 0.303 e. The maximum absolute atomic E-state index is 12.0. The van der Waals surface area contributed by atoms with Crippen LogP contribution in [0.3, 0.4) is 0 Å². The Morgan fingerprint density at radius 3 is 2.61 bits per heavy atom. The van der Waals surface area contributed by atoms with Crippen molar-refractivity contribution < 1.29 is 18.3 Å². The summed E-state index contributed by atoms with van der Waals surface area (Å²) < 4.78 is 27.9. The summed E-state index contributed by atoms with van der Waals surface area (Å²) in [4.78, 5) is 14.3. The van der Waals surface area contributed by atoms with Crippen molar-refractivity contribution in [3.05, 3.63) is 12.5 Å². The van der Waals surface area contributed by atoms with E-state index in [2.05, 4.69) is 9.71 Å². The van der Waals surface area contributed by atoms with Crippen LogP contribution in [0.15, 0.2) is 17.6 Å². The summed E-state index contributed by atoms with van der Waals surface area (Å²) in [5.41, 5.74) is -0.839. The van der Waals surface area contributed by atoms with Gasteiger partial charge in [-0.25, -0.2) is 18.1 Å². The summed E-state index contributed by atoms with van der Waals surface area (Å²) >= 11 is 0. The molecule has 0 atom stereocenters. The van der Waals surface area contributed by atoms with Crippen LogP contribution in [0.1, 0.15) is 26.7 Å². The van der Waals surface area contributed by atoms with Gasteiger partial charge in [-0.2, -0.15) is 0 Å². The van der Waals surface area contributed by atoms with E-state index < -0.39 is 21.5 Å². The van der Waals surface area contributed by atoms with E-state index in [4.69, 9.17) is 5.11 Å². The molecule has 0 aliphatic rings. The molecular formula is C10H17N3O4S. The standard InChI is InChI=1S/C10H17N3O4S/c1-10(2,5-4-9(14)15)12-18(16,17)8-6-13(3)7-11-8/h6-7,12H,4-5H2,1-3H3,(H,14,15). The van der Waals surface area contributed by atoms with E-state index in [1.807, 2.05) is 0 Å². The molecule has 0 bridgehead atoms. The number of aliphatic carboxylic acids is 1. The summed E-state index contributed by atoms with van der Waals surface area (Å²) in [5, 5.41) is 8.53. The molecule has 7 nitrogen and oxygen atoms in total. The maximum atomic E-state index is 12.0. The fourth-order valence-electron chi connectivity index (χ4n) is 1.41. The van der Waals surface area contributed by atoms with E-state index in [0.29, 0.717) is 0 Å². The minimum Gasteiger partial charge on any atom is -0.481 e. The molecule has 0 aliphatic heterocycles. The first kappa shape index (κ1) is 14.7. The van der Waals surface area contributed by atoms with Gasteiger partial charge in [0.25, 0.3) is 10.0 Å². The number of hydrogen-bond acceptors (Lipinski definition) is 4. The molecule has 0 aliphatic carbocycles. The first-order valence-electron chi connectivity index (χ1n) is 5.36. The van der Waals surface area contributed by atoms with Gasteiger partial charge in [-0.3, -0.25) is 4.79 Å². The first-order valence-corrected chi connectivity index (χ1v) is 6.84. The van der Waals surface area contributed by atoms with Gasteiger partial charge in [0.15, 0.2) is 5.03 Å². The monoisotopic (exact) mass is 275 g/mol. The van der Waals surface area contributed by atoms with E-state index in [1.54, 1.807) is 20.9 Å². The smallest absolute Gasteiger partial charge is 0.303 e. The van der Waals surface area contributed by atoms with Crippen molar-refractivity contribution in [1.29, 1.82) is 0 Å². The highest BCUT2D eigenvalue weighted by atomic mass is 32.2. The van der Waals surface area contributed by atoms with Gasteiger partial charge in [-0.1, -0.05) is 0 Å². The number of nitrogens with one attached hydrogen (secondary N) is 1. The Balaban J connectivity index is 2.79. The van der Waals surface area contributed by atoms with E-state index in [-0.39, 0.29) is 17.9 Å². The third-order valence-electron chi connectivity index (χ3n) is 2.33. The summed E-state index contributed by atoms with van der Waals surface area (Å²) in [6, 6.07) is 0. The fraction of sp³-hybridized carbons (Fsp3) is 0.600. The molecule has 2 N–H and O–H groups in total. The highest BCUT2D eigenvalue weighted by Crippen LogP contribution is 2.15. The number of imidazole rings is 1. The van der Waals surface area contributed by atoms with Gasteiger partial charge in [0.05, 0.1) is 6.33 Å². The zero-order valence-corrected chi connectivity index (χ0v) is 11.4. The molecule has 0 saturated heterocycles. The molecule has 1 aromatic rings. The van der Waals surface area contributed by atoms with E-state index >= 15 is 0 Å². The number of aryl methyl sites for hydroxylation is 1. The lowest BCUT2D eigenvalue weighted by Crippen LogP contribution is -2.43. The lowest BCUT2D eigenvalue weighted by atomic mass is 10.0. The highest BCUT2D eigenvalue weighted by Gasteiger charge is 2.28. The van der Waals surface area contributed by atoms with Crippen LogP contribution in [-0.2, 0) is 21.9 Å². The van der Waals surface area contributed by atoms with Crippen molar-refractivity contribution in [3.63, 3.8) is 0 Å². The molecular weight excluding hydrogens is 258 g/mol. The van der Waals surface area contributed by atoms with Crippen molar-refractivity contribution in [2.24, 2.45) is 7.05 Å². The van der Waals surface area contributed by atoms with Crippen LogP contribution in [0.25, 0.3) is 0 Å². The number of carboxylic acids is 1. The number of nitrogens with zero attached hydrogens (tertiary/aromatic N) is 2. The summed E-state index contributed by atoms with van der Waals surface area (Å²) in [7, 11) is -2.05. The molecule has 0 aromatic carbocycles. The number of rotatable bonds is 6. The summed E-state index contributed by atoms with van der Waals surface area (Å²) in [6.07, 6.45) is 2.88. The lowest BCUT2D eigenvalue weighted by Gasteiger charge is -2.24. The van der Waals surface area contributed by atoms with Crippen LogP contribution in [0.2, 0.25) is 0 Å². The average Bonchev–Trinajstić information content (AvgIpc) is 2.61. The van der Waals surface area contributed by atoms with E-state index in [9.17, 15) is 13.2 Å². The quantitative estimate of drug-likeness (QED) is 0.779. The minimum absolute atomic E-state index is 0.0756. The van der Waals surface area contributed by atoms with Gasteiger partial charge >= 0.3 is 5.97 Å². The van der Waals surface area contributed by atoms with Gasteiger partial charge < -0.3 is 9.67 Å². The van der Waals surface area contributed by atoms with E-state index in [1.165, 1.54) is 17.1 Å². The van der Waals surface area contributed by atoms with Crippen LogP contribution in [0.4, 0.5) is 0 Å². The fourth-order valence-corrected chi connectivity index (χ4v) is 2.84. The molecule has 0 radical (unpaired) electrons. The number of sulfonamides is 1. The Hall–Kier alpha value is -1.41. The van der Waals surface area contributed by atoms with Gasteiger partial charge in [0, 0.05) is 25.2 Å². The van der Waals surface area contributed by atoms with Crippen LogP contribution < -0.4 is 4.72 Å². The van der Waals surface area contributed by atoms with Crippen molar-refractivity contribution in [3.8, 4) is 0 Å². The summed E-state index contributed by atoms with van der Waals surface area (Å²) in [6.45, 7) is 3.27.